The van der Waals surface area contributed by atoms with E-state index in [4.69, 9.17) is 4.74 Å². The molecule has 0 aliphatic heterocycles. The quantitative estimate of drug-likeness (QED) is 0.589. The van der Waals surface area contributed by atoms with Gasteiger partial charge in [0.05, 0.1) is 0 Å². The average Bonchev–Trinajstić information content (AvgIpc) is 2.98. The van der Waals surface area contributed by atoms with Crippen LogP contribution in [0.4, 0.5) is 9.80 Å². The minimum Gasteiger partial charge on any atom is -0.444 e. The molecule has 0 aliphatic rings. The highest BCUT2D eigenvalue weighted by molar-refractivity contribution is 7.14. The van der Waals surface area contributed by atoms with Crippen LogP contribution in [0.25, 0.3) is 0 Å². The summed E-state index contributed by atoms with van der Waals surface area (Å²) in [6, 6.07) is 9.74. The number of ether oxygens (including phenoxy) is 1. The number of carbonyl (C=O) groups is 1. The molecule has 1 heterocycles. The van der Waals surface area contributed by atoms with Crippen LogP contribution in [0.2, 0.25) is 0 Å². The monoisotopic (exact) mass is 345 g/mol. The molecule has 1 aromatic carbocycles. The molecule has 0 fully saturated rings. The lowest BCUT2D eigenvalue weighted by Crippen LogP contribution is -2.14. The third kappa shape index (κ3) is 5.68. The second-order valence-corrected chi connectivity index (χ2v) is 6.84. The van der Waals surface area contributed by atoms with Crippen molar-refractivity contribution in [1.29, 1.82) is 0 Å². The van der Waals surface area contributed by atoms with Gasteiger partial charge in [0, 0.05) is 0 Å². The predicted octanol–water partition coefficient (Wildman–Crippen LogP) is 6.18. The summed E-state index contributed by atoms with van der Waals surface area (Å²) in [6.07, 6.45) is 6.41. The van der Waals surface area contributed by atoms with E-state index < -0.39 is 0 Å². The molecule has 2 aromatic rings. The van der Waals surface area contributed by atoms with Crippen LogP contribution in [0.15, 0.2) is 35.7 Å². The Bertz CT molecular complexity index is 622. The highest BCUT2D eigenvalue weighted by Gasteiger charge is 2.14. The van der Waals surface area contributed by atoms with E-state index in [0.29, 0.717) is 6.61 Å². The van der Waals surface area contributed by atoms with Crippen molar-refractivity contribution in [2.45, 2.75) is 59.0 Å². The maximum atomic E-state index is 12.1. The van der Waals surface area contributed by atoms with Gasteiger partial charge >= 0.3 is 6.09 Å². The summed E-state index contributed by atoms with van der Waals surface area (Å²) in [5.41, 5.74) is 3.68. The van der Waals surface area contributed by atoms with E-state index in [-0.39, 0.29) is 6.09 Å². The average molecular weight is 346 g/mol. The van der Waals surface area contributed by atoms with E-state index in [0.717, 1.165) is 36.2 Å². The Morgan fingerprint density at radius 1 is 1.08 bits per heavy atom. The third-order valence-corrected chi connectivity index (χ3v) is 4.98. The van der Waals surface area contributed by atoms with E-state index in [1.54, 1.807) is 11.3 Å². The SMILES string of the molecule is CCCCc1csc(NC(=O)OCc2ccccc2)c1CCCC. The standard InChI is InChI=1S/C20H27NO2S/c1-3-5-12-17-15-24-19(18(17)13-6-4-2)21-20(22)23-14-16-10-8-7-9-11-16/h7-11,15H,3-6,12-14H2,1-2H3,(H,21,22). The molecule has 0 spiro atoms. The van der Waals surface area contributed by atoms with Crippen molar-refractivity contribution in [2.75, 3.05) is 5.32 Å². The zero-order valence-corrected chi connectivity index (χ0v) is 15.5. The van der Waals surface area contributed by atoms with Crippen molar-refractivity contribution >= 4 is 22.4 Å². The maximum Gasteiger partial charge on any atom is 0.412 e. The fourth-order valence-corrected chi connectivity index (χ4v) is 3.62. The Morgan fingerprint density at radius 3 is 2.50 bits per heavy atom. The molecule has 130 valence electrons. The molecule has 0 unspecified atom stereocenters. The summed E-state index contributed by atoms with van der Waals surface area (Å²) in [5, 5.41) is 6.08. The maximum absolute atomic E-state index is 12.1. The molecule has 0 aliphatic carbocycles. The van der Waals surface area contributed by atoms with Crippen LogP contribution in [0, 0.1) is 0 Å². The predicted molar refractivity (Wildman–Crippen MR) is 102 cm³/mol. The number of nitrogens with one attached hydrogen (secondary N) is 1. The zero-order valence-electron chi connectivity index (χ0n) is 14.6. The van der Waals surface area contributed by atoms with Gasteiger partial charge in [0.2, 0.25) is 0 Å². The zero-order chi connectivity index (χ0) is 17.2. The normalized spacial score (nSPS) is 10.6. The Balaban J connectivity index is 1.96. The van der Waals surface area contributed by atoms with Crippen LogP contribution < -0.4 is 5.32 Å². The molecule has 1 N–H and O–H groups in total. The molecule has 3 nitrogen and oxygen atoms in total. The van der Waals surface area contributed by atoms with Crippen molar-refractivity contribution in [2.24, 2.45) is 0 Å². The van der Waals surface area contributed by atoms with E-state index >= 15 is 0 Å². The second-order valence-electron chi connectivity index (χ2n) is 5.96. The van der Waals surface area contributed by atoms with Gasteiger partial charge in [-0.25, -0.2) is 4.79 Å². The van der Waals surface area contributed by atoms with Crippen LogP contribution in [0.1, 0.15) is 56.2 Å². The van der Waals surface area contributed by atoms with E-state index in [1.807, 2.05) is 30.3 Å². The number of hydrogen-bond acceptors (Lipinski definition) is 3. The Hall–Kier alpha value is -1.81. The van der Waals surface area contributed by atoms with Gasteiger partial charge in [-0.2, -0.15) is 0 Å². The summed E-state index contributed by atoms with van der Waals surface area (Å²) < 4.78 is 5.34. The first-order valence-electron chi connectivity index (χ1n) is 8.81. The van der Waals surface area contributed by atoms with Gasteiger partial charge < -0.3 is 4.74 Å². The number of anilines is 1. The van der Waals surface area contributed by atoms with Crippen molar-refractivity contribution in [3.63, 3.8) is 0 Å². The third-order valence-electron chi connectivity index (χ3n) is 3.99. The second kappa shape index (κ2) is 10.1. The number of amides is 1. The number of thiophene rings is 1. The molecule has 0 saturated carbocycles. The lowest BCUT2D eigenvalue weighted by atomic mass is 10.0. The van der Waals surface area contributed by atoms with Crippen molar-refractivity contribution in [3.05, 3.63) is 52.4 Å². The number of hydrogen-bond donors (Lipinski definition) is 1. The number of benzene rings is 1. The highest BCUT2D eigenvalue weighted by Crippen LogP contribution is 2.31. The number of carbonyl (C=O) groups excluding carboxylic acids is 1. The van der Waals surface area contributed by atoms with Crippen molar-refractivity contribution < 1.29 is 9.53 Å². The number of unbranched alkanes of at least 4 members (excludes halogenated alkanes) is 2. The summed E-state index contributed by atoms with van der Waals surface area (Å²) in [6.45, 7) is 4.70. The Kier molecular flexibility index (Phi) is 7.83. The Labute approximate surface area is 149 Å². The van der Waals surface area contributed by atoms with Gasteiger partial charge in [-0.1, -0.05) is 57.0 Å². The van der Waals surface area contributed by atoms with Crippen LogP contribution in [-0.2, 0) is 24.2 Å². The van der Waals surface area contributed by atoms with Crippen LogP contribution in [0.5, 0.6) is 0 Å². The fourth-order valence-electron chi connectivity index (χ4n) is 2.58. The molecule has 24 heavy (non-hydrogen) atoms. The van der Waals surface area contributed by atoms with Crippen molar-refractivity contribution in [1.82, 2.24) is 0 Å². The van der Waals surface area contributed by atoms with Crippen LogP contribution in [0.3, 0.4) is 0 Å². The number of aryl methyl sites for hydroxylation is 1. The molecular weight excluding hydrogens is 318 g/mol. The summed E-state index contributed by atoms with van der Waals surface area (Å²) in [7, 11) is 0. The molecule has 0 bridgehead atoms. The lowest BCUT2D eigenvalue weighted by molar-refractivity contribution is 0.155. The van der Waals surface area contributed by atoms with Crippen molar-refractivity contribution in [3.8, 4) is 0 Å². The largest absolute Gasteiger partial charge is 0.444 e. The molecule has 1 amide bonds. The van der Waals surface area contributed by atoms with Gasteiger partial charge in [0.15, 0.2) is 0 Å². The smallest absolute Gasteiger partial charge is 0.412 e. The van der Waals surface area contributed by atoms with Gasteiger partial charge in [-0.15, -0.1) is 11.3 Å². The van der Waals surface area contributed by atoms with Gasteiger partial charge in [-0.05, 0) is 47.8 Å². The fraction of sp³-hybridized carbons (Fsp3) is 0.450. The highest BCUT2D eigenvalue weighted by atomic mass is 32.1. The van der Waals surface area contributed by atoms with E-state index in [9.17, 15) is 4.79 Å². The lowest BCUT2D eigenvalue weighted by Gasteiger charge is -2.09. The van der Waals surface area contributed by atoms with Gasteiger partial charge in [-0.3, -0.25) is 5.32 Å². The molecule has 0 saturated heterocycles. The minimum atomic E-state index is -0.375. The topological polar surface area (TPSA) is 38.3 Å². The molecule has 2 rings (SSSR count). The summed E-state index contributed by atoms with van der Waals surface area (Å²) in [4.78, 5) is 12.1. The first-order chi connectivity index (χ1) is 11.7. The van der Waals surface area contributed by atoms with Gasteiger partial charge in [0.1, 0.15) is 11.6 Å². The number of rotatable bonds is 9. The molecule has 0 radical (unpaired) electrons. The first kappa shape index (κ1) is 18.5. The van der Waals surface area contributed by atoms with Crippen LogP contribution in [-0.4, -0.2) is 6.09 Å². The molecule has 0 atom stereocenters. The molecule has 4 heteroatoms. The van der Waals surface area contributed by atoms with E-state index in [1.165, 1.54) is 24.0 Å². The minimum absolute atomic E-state index is 0.297. The van der Waals surface area contributed by atoms with Crippen LogP contribution >= 0.6 is 11.3 Å². The molecule has 1 aromatic heterocycles. The van der Waals surface area contributed by atoms with E-state index in [2.05, 4.69) is 24.5 Å². The summed E-state index contributed by atoms with van der Waals surface area (Å²) >= 11 is 1.62. The Morgan fingerprint density at radius 2 is 1.79 bits per heavy atom. The first-order valence-corrected chi connectivity index (χ1v) is 9.69. The van der Waals surface area contributed by atoms with Gasteiger partial charge in [0.25, 0.3) is 0 Å². The molecular formula is C20H27NO2S. The summed E-state index contributed by atoms with van der Waals surface area (Å²) in [5.74, 6) is 0.